The van der Waals surface area contributed by atoms with Crippen molar-refractivity contribution >= 4 is 0 Å². The van der Waals surface area contributed by atoms with Gasteiger partial charge < -0.3 is 14.5 Å². The van der Waals surface area contributed by atoms with Crippen molar-refractivity contribution in [2.45, 2.75) is 52.4 Å². The Balaban J connectivity index is 1.96. The number of piperazine rings is 1. The Kier molecular flexibility index (Phi) is 10.3. The van der Waals surface area contributed by atoms with Crippen molar-refractivity contribution < 1.29 is 4.74 Å². The Morgan fingerprint density at radius 1 is 0.900 bits per heavy atom. The highest BCUT2D eigenvalue weighted by Crippen LogP contribution is 2.17. The quantitative estimate of drug-likeness (QED) is 0.542. The van der Waals surface area contributed by atoms with Crippen LogP contribution in [0.15, 0.2) is 0 Å². The van der Waals surface area contributed by atoms with Crippen LogP contribution in [-0.4, -0.2) is 62.8 Å². The van der Waals surface area contributed by atoms with Gasteiger partial charge in [0.2, 0.25) is 0 Å². The van der Waals surface area contributed by atoms with Crippen molar-refractivity contribution in [2.24, 2.45) is 5.92 Å². The summed E-state index contributed by atoms with van der Waals surface area (Å²) in [6, 6.07) is 0. The van der Waals surface area contributed by atoms with Crippen LogP contribution < -0.4 is 0 Å². The topological polar surface area (TPSA) is 15.7 Å². The van der Waals surface area contributed by atoms with Gasteiger partial charge in [0, 0.05) is 39.9 Å². The smallest absolute Gasteiger partial charge is 0.0464 e. The molecule has 0 N–H and O–H groups in total. The van der Waals surface area contributed by atoms with E-state index in [9.17, 15) is 0 Å². The van der Waals surface area contributed by atoms with E-state index >= 15 is 0 Å². The first kappa shape index (κ1) is 17.9. The second-order valence-corrected chi connectivity index (χ2v) is 6.18. The fourth-order valence-corrected chi connectivity index (χ4v) is 3.11. The Bertz CT molecular complexity index is 215. The van der Waals surface area contributed by atoms with Crippen LogP contribution in [0.25, 0.3) is 0 Å². The van der Waals surface area contributed by atoms with Gasteiger partial charge in [-0.25, -0.2) is 0 Å². The molecule has 3 nitrogen and oxygen atoms in total. The summed E-state index contributed by atoms with van der Waals surface area (Å²) in [5.74, 6) is 0.878. The number of methoxy groups -OCH3 is 1. The van der Waals surface area contributed by atoms with Crippen molar-refractivity contribution in [2.75, 3.05) is 53.0 Å². The van der Waals surface area contributed by atoms with Gasteiger partial charge in [-0.2, -0.15) is 0 Å². The number of unbranched alkanes of at least 4 members (excludes halogenated alkanes) is 2. The predicted octanol–water partition coefficient (Wildman–Crippen LogP) is 3.25. The number of ether oxygens (including phenoxy) is 1. The molecule has 1 aliphatic rings. The fraction of sp³-hybridized carbons (Fsp3) is 1.00. The molecule has 0 aromatic heterocycles. The highest BCUT2D eigenvalue weighted by molar-refractivity contribution is 4.70. The number of nitrogens with zero attached hydrogens (tertiary/aromatic N) is 2. The minimum Gasteiger partial charge on any atom is -0.385 e. The molecule has 0 unspecified atom stereocenters. The van der Waals surface area contributed by atoms with Gasteiger partial charge in [0.15, 0.2) is 0 Å². The third-order valence-corrected chi connectivity index (χ3v) is 4.81. The van der Waals surface area contributed by atoms with Gasteiger partial charge in [-0.15, -0.1) is 0 Å². The second kappa shape index (κ2) is 11.5. The molecule has 1 atom stereocenters. The zero-order valence-electron chi connectivity index (χ0n) is 14.1. The lowest BCUT2D eigenvalue weighted by Gasteiger charge is -2.34. The molecule has 1 saturated heterocycles. The van der Waals surface area contributed by atoms with Gasteiger partial charge in [-0.1, -0.05) is 39.5 Å². The first-order chi connectivity index (χ1) is 9.80. The zero-order valence-corrected chi connectivity index (χ0v) is 14.1. The molecule has 1 heterocycles. The van der Waals surface area contributed by atoms with Gasteiger partial charge in [0.1, 0.15) is 0 Å². The number of likely N-dealkylation sites (N-methyl/N-ethyl adjacent to an activating group) is 1. The van der Waals surface area contributed by atoms with Gasteiger partial charge in [0.05, 0.1) is 0 Å². The van der Waals surface area contributed by atoms with Crippen LogP contribution in [0.4, 0.5) is 0 Å². The van der Waals surface area contributed by atoms with Crippen LogP contribution in [0.5, 0.6) is 0 Å². The van der Waals surface area contributed by atoms with Gasteiger partial charge in [0.25, 0.3) is 0 Å². The van der Waals surface area contributed by atoms with Gasteiger partial charge in [-0.05, 0) is 31.8 Å². The molecule has 20 heavy (non-hydrogen) atoms. The highest BCUT2D eigenvalue weighted by atomic mass is 16.5. The molecular formula is C17H36N2O. The Morgan fingerprint density at radius 2 is 1.60 bits per heavy atom. The van der Waals surface area contributed by atoms with E-state index in [-0.39, 0.29) is 0 Å². The molecule has 0 aromatic rings. The van der Waals surface area contributed by atoms with E-state index in [4.69, 9.17) is 4.74 Å². The summed E-state index contributed by atoms with van der Waals surface area (Å²) < 4.78 is 5.19. The van der Waals surface area contributed by atoms with Crippen LogP contribution in [0.2, 0.25) is 0 Å². The monoisotopic (exact) mass is 284 g/mol. The first-order valence-electron chi connectivity index (χ1n) is 8.73. The number of hydrogen-bond acceptors (Lipinski definition) is 3. The van der Waals surface area contributed by atoms with Gasteiger partial charge in [-0.3, -0.25) is 0 Å². The summed E-state index contributed by atoms with van der Waals surface area (Å²) >= 11 is 0. The van der Waals surface area contributed by atoms with E-state index in [1.165, 1.54) is 77.8 Å². The molecule has 1 aliphatic heterocycles. The van der Waals surface area contributed by atoms with Crippen molar-refractivity contribution in [1.29, 1.82) is 0 Å². The van der Waals surface area contributed by atoms with Gasteiger partial charge >= 0.3 is 0 Å². The van der Waals surface area contributed by atoms with Crippen molar-refractivity contribution in [3.63, 3.8) is 0 Å². The second-order valence-electron chi connectivity index (χ2n) is 6.18. The predicted molar refractivity (Wildman–Crippen MR) is 87.3 cm³/mol. The van der Waals surface area contributed by atoms with Crippen molar-refractivity contribution in [3.8, 4) is 0 Å². The third-order valence-electron chi connectivity index (χ3n) is 4.81. The SMILES string of the molecule is CC[C@H](CCCCCN1CCN(CC)CC1)CCOC. The fourth-order valence-electron chi connectivity index (χ4n) is 3.11. The van der Waals surface area contributed by atoms with Crippen LogP contribution in [-0.2, 0) is 4.74 Å². The summed E-state index contributed by atoms with van der Waals surface area (Å²) in [5, 5.41) is 0. The minimum atomic E-state index is 0.878. The number of hydrogen-bond donors (Lipinski definition) is 0. The molecule has 0 aliphatic carbocycles. The Morgan fingerprint density at radius 3 is 2.20 bits per heavy atom. The number of rotatable bonds is 11. The van der Waals surface area contributed by atoms with E-state index in [2.05, 4.69) is 23.6 Å². The first-order valence-corrected chi connectivity index (χ1v) is 8.73. The van der Waals surface area contributed by atoms with Crippen LogP contribution in [0.1, 0.15) is 52.4 Å². The molecule has 1 rings (SSSR count). The maximum absolute atomic E-state index is 5.19. The van der Waals surface area contributed by atoms with Crippen LogP contribution >= 0.6 is 0 Å². The summed E-state index contributed by atoms with van der Waals surface area (Å²) in [6.07, 6.45) is 8.12. The normalized spacial score (nSPS) is 19.4. The summed E-state index contributed by atoms with van der Waals surface area (Å²) in [5.41, 5.74) is 0. The summed E-state index contributed by atoms with van der Waals surface area (Å²) in [4.78, 5) is 5.20. The maximum Gasteiger partial charge on any atom is 0.0464 e. The largest absolute Gasteiger partial charge is 0.385 e. The van der Waals surface area contributed by atoms with E-state index in [0.29, 0.717) is 0 Å². The Hall–Kier alpha value is -0.120. The molecule has 0 spiro atoms. The third kappa shape index (κ3) is 7.61. The molecule has 0 bridgehead atoms. The lowest BCUT2D eigenvalue weighted by molar-refractivity contribution is 0.135. The molecule has 120 valence electrons. The average Bonchev–Trinajstić information content (AvgIpc) is 2.50. The van der Waals surface area contributed by atoms with E-state index in [0.717, 1.165) is 12.5 Å². The molecule has 0 aromatic carbocycles. The van der Waals surface area contributed by atoms with Crippen molar-refractivity contribution in [3.05, 3.63) is 0 Å². The molecule has 0 saturated carbocycles. The van der Waals surface area contributed by atoms with Crippen molar-refractivity contribution in [1.82, 2.24) is 9.80 Å². The Labute approximate surface area is 126 Å². The highest BCUT2D eigenvalue weighted by Gasteiger charge is 2.14. The molecule has 3 heteroatoms. The zero-order chi connectivity index (χ0) is 14.6. The summed E-state index contributed by atoms with van der Waals surface area (Å²) in [7, 11) is 1.81. The molecule has 0 radical (unpaired) electrons. The van der Waals surface area contributed by atoms with Crippen LogP contribution in [0, 0.1) is 5.92 Å². The lowest BCUT2D eigenvalue weighted by atomic mass is 9.95. The van der Waals surface area contributed by atoms with E-state index < -0.39 is 0 Å². The molecule has 0 amide bonds. The molecule has 1 fully saturated rings. The average molecular weight is 284 g/mol. The van der Waals surface area contributed by atoms with E-state index in [1.54, 1.807) is 0 Å². The minimum absolute atomic E-state index is 0.878. The maximum atomic E-state index is 5.19. The summed E-state index contributed by atoms with van der Waals surface area (Å²) in [6.45, 7) is 13.1. The lowest BCUT2D eigenvalue weighted by Crippen LogP contribution is -2.46. The molecular weight excluding hydrogens is 248 g/mol. The van der Waals surface area contributed by atoms with Crippen LogP contribution in [0.3, 0.4) is 0 Å². The standard InChI is InChI=1S/C17H36N2O/c1-4-17(10-16-20-3)9-7-6-8-11-19-14-12-18(5-2)13-15-19/h17H,4-16H2,1-3H3/t17-/m1/s1. The van der Waals surface area contributed by atoms with E-state index in [1.807, 2.05) is 7.11 Å².